The van der Waals surface area contributed by atoms with Crippen molar-refractivity contribution >= 4 is 76.3 Å². The van der Waals surface area contributed by atoms with Gasteiger partial charge in [0.1, 0.15) is 67.3 Å². The molecule has 0 spiro atoms. The van der Waals surface area contributed by atoms with Gasteiger partial charge in [-0.05, 0) is 119 Å². The maximum absolute atomic E-state index is 14.3. The first-order valence-corrected chi connectivity index (χ1v) is 37.8. The highest BCUT2D eigenvalue weighted by Crippen LogP contribution is 2.48. The van der Waals surface area contributed by atoms with Crippen LogP contribution in [0.4, 0.5) is 11.4 Å². The van der Waals surface area contributed by atoms with E-state index in [1.54, 1.807) is 54.6 Å². The Labute approximate surface area is 651 Å². The van der Waals surface area contributed by atoms with Crippen LogP contribution in [0.15, 0.2) is 120 Å². The molecule has 0 radical (unpaired) electrons. The highest BCUT2D eigenvalue weighted by atomic mass is 16.4. The number of carboxylic acid groups (broad SMARTS) is 1. The van der Waals surface area contributed by atoms with Crippen LogP contribution in [0.3, 0.4) is 0 Å². The molecule has 1 saturated heterocycles. The van der Waals surface area contributed by atoms with Gasteiger partial charge in [0.15, 0.2) is 11.7 Å². The monoisotopic (exact) mass is 1560 g/mol. The highest BCUT2D eigenvalue weighted by Gasteiger charge is 2.46. The van der Waals surface area contributed by atoms with E-state index in [9.17, 15) is 94.2 Å². The highest BCUT2D eigenvalue weighted by molar-refractivity contribution is 6.05. The topological polar surface area (TPSA) is 543 Å². The first-order chi connectivity index (χ1) is 53.1. The Bertz CT molecular complexity index is 3910. The normalized spacial score (nSPS) is 20.6. The second-order valence-corrected chi connectivity index (χ2v) is 29.7. The number of hydrogen-bond donors (Lipinski definition) is 21. The summed E-state index contributed by atoms with van der Waals surface area (Å²) in [6, 6.07) is 13.5. The van der Waals surface area contributed by atoms with Crippen molar-refractivity contribution in [2.45, 2.75) is 202 Å². The van der Waals surface area contributed by atoms with Gasteiger partial charge in [0.05, 0.1) is 43.8 Å². The summed E-state index contributed by atoms with van der Waals surface area (Å²) in [6.45, 7) is 10.5. The SMILES string of the molecule is CC(C)CCN1C(=CC=CC=CC=CC2=[N+](CCCCCC(=O)NCCCC[C@@H]3NC(=O)C(Cc4ccccc4)NC(=O)[C@H](CC(=O)O)NC(=O)CNC(=O)[C@H](CCCN=C(N)N)NC3=O)c3ccc(C(=O)NCC(O)C(O)C(O)C(O)CO)cc3C2(C)C)C(C)(C)c2cc(C(=O)NCC(O)C(O)C(O)C(O)CO)ccc21. The van der Waals surface area contributed by atoms with E-state index in [0.717, 1.165) is 40.3 Å². The van der Waals surface area contributed by atoms with Crippen molar-refractivity contribution in [2.24, 2.45) is 22.4 Å². The van der Waals surface area contributed by atoms with Crippen LogP contribution >= 0.6 is 0 Å². The zero-order chi connectivity index (χ0) is 82.6. The van der Waals surface area contributed by atoms with E-state index in [0.29, 0.717) is 55.8 Å². The predicted octanol–water partition coefficient (Wildman–Crippen LogP) is -1.52. The lowest BCUT2D eigenvalue weighted by Crippen LogP contribution is -2.58. The van der Waals surface area contributed by atoms with Gasteiger partial charge in [0, 0.05) is 97.6 Å². The Balaban J connectivity index is 1.15. The molecule has 112 heavy (non-hydrogen) atoms. The number of carbonyl (C=O) groups is 9. The number of rotatable bonds is 40. The van der Waals surface area contributed by atoms with Gasteiger partial charge in [-0.2, -0.15) is 4.58 Å². The molecule has 3 aromatic rings. The maximum Gasteiger partial charge on any atom is 0.305 e. The van der Waals surface area contributed by atoms with E-state index in [1.165, 1.54) is 0 Å². The van der Waals surface area contributed by atoms with Crippen molar-refractivity contribution in [3.63, 3.8) is 0 Å². The third kappa shape index (κ3) is 26.4. The number of aliphatic imine (C=N–C) groups is 1. The molecule has 3 aliphatic heterocycles. The van der Waals surface area contributed by atoms with Gasteiger partial charge in [-0.1, -0.05) is 88.4 Å². The van der Waals surface area contributed by atoms with Gasteiger partial charge in [-0.25, -0.2) is 0 Å². The summed E-state index contributed by atoms with van der Waals surface area (Å²) >= 11 is 0. The smallest absolute Gasteiger partial charge is 0.305 e. The van der Waals surface area contributed by atoms with Crippen molar-refractivity contribution in [2.75, 3.05) is 63.9 Å². The molecule has 33 heteroatoms. The lowest BCUT2D eigenvalue weighted by molar-refractivity contribution is -0.438. The van der Waals surface area contributed by atoms with E-state index in [1.807, 2.05) is 68.5 Å². The summed E-state index contributed by atoms with van der Waals surface area (Å²) < 4.78 is 2.15. The number of benzene rings is 3. The molecule has 0 aliphatic carbocycles. The van der Waals surface area contributed by atoms with Crippen molar-refractivity contribution in [1.82, 2.24) is 42.5 Å². The third-order valence-corrected chi connectivity index (χ3v) is 19.9. The van der Waals surface area contributed by atoms with Crippen LogP contribution in [-0.2, 0) is 50.8 Å². The third-order valence-electron chi connectivity index (χ3n) is 19.9. The number of hydrogen-bond acceptors (Lipinski definition) is 21. The quantitative estimate of drug-likeness (QED) is 0.0101. The fourth-order valence-corrected chi connectivity index (χ4v) is 13.3. The first-order valence-electron chi connectivity index (χ1n) is 37.8. The minimum Gasteiger partial charge on any atom is -0.481 e. The summed E-state index contributed by atoms with van der Waals surface area (Å²) in [4.78, 5) is 127. The zero-order valence-corrected chi connectivity index (χ0v) is 64.3. The molecular weight excluding hydrogens is 1450 g/mol. The Kier molecular flexibility index (Phi) is 35.7. The zero-order valence-electron chi connectivity index (χ0n) is 64.3. The molecule has 33 nitrogen and oxygen atoms in total. The number of nitrogens with two attached hydrogens (primary N) is 2. The van der Waals surface area contributed by atoms with Crippen molar-refractivity contribution in [3.8, 4) is 0 Å². The molecule has 6 rings (SSSR count). The molecule has 0 aromatic heterocycles. The maximum atomic E-state index is 14.3. The molecule has 1 fully saturated rings. The molecule has 23 N–H and O–H groups in total. The second-order valence-electron chi connectivity index (χ2n) is 29.7. The largest absolute Gasteiger partial charge is 0.481 e. The summed E-state index contributed by atoms with van der Waals surface area (Å²) in [7, 11) is 0. The van der Waals surface area contributed by atoms with Gasteiger partial charge in [-0.3, -0.25) is 48.1 Å². The molecule has 3 aromatic carbocycles. The van der Waals surface area contributed by atoms with Crippen LogP contribution in [0.2, 0.25) is 0 Å². The van der Waals surface area contributed by atoms with Gasteiger partial charge in [0.25, 0.3) is 11.8 Å². The number of aliphatic hydroxyl groups is 10. The minimum atomic E-state index is -1.89. The number of aliphatic hydroxyl groups excluding tert-OH is 10. The Morgan fingerprint density at radius 1 is 0.616 bits per heavy atom. The summed E-state index contributed by atoms with van der Waals surface area (Å²) in [5.74, 6) is -6.93. The van der Waals surface area contributed by atoms with Crippen molar-refractivity contribution < 1.29 is 104 Å². The van der Waals surface area contributed by atoms with Gasteiger partial charge >= 0.3 is 5.97 Å². The number of anilines is 1. The fourth-order valence-electron chi connectivity index (χ4n) is 13.3. The fraction of sp³-hybridized carbons (Fsp3) is 0.532. The Morgan fingerprint density at radius 3 is 1.78 bits per heavy atom. The number of carbonyl (C=O) groups excluding carboxylic acids is 8. The molecule has 614 valence electrons. The Morgan fingerprint density at radius 2 is 1.17 bits per heavy atom. The number of aliphatic carboxylic acids is 1. The second kappa shape index (κ2) is 43.9. The number of allylic oxidation sites excluding steroid dienone is 8. The average molecular weight is 1570 g/mol. The lowest BCUT2D eigenvalue weighted by Gasteiger charge is -2.27. The van der Waals surface area contributed by atoms with E-state index in [4.69, 9.17) is 16.6 Å². The van der Waals surface area contributed by atoms with Crippen LogP contribution in [0.5, 0.6) is 0 Å². The van der Waals surface area contributed by atoms with Gasteiger partial charge in [-0.15, -0.1) is 0 Å². The average Bonchev–Trinajstić information content (AvgIpc) is 1.60. The molecule has 3 heterocycles. The summed E-state index contributed by atoms with van der Waals surface area (Å²) in [5.41, 5.74) is 16.1. The molecule has 9 unspecified atom stereocenters. The molecule has 3 aliphatic rings. The number of nitrogens with zero attached hydrogens (tertiary/aromatic N) is 3. The van der Waals surface area contributed by atoms with Crippen LogP contribution in [0.25, 0.3) is 0 Å². The number of unbranched alkanes of at least 4 members (excludes halogenated alkanes) is 3. The van der Waals surface area contributed by atoms with E-state index in [-0.39, 0.29) is 69.0 Å². The van der Waals surface area contributed by atoms with Crippen LogP contribution in [0.1, 0.15) is 150 Å². The standard InChI is InChI=1S/C79H113N13O20/c1-46(2)32-36-92-57-31-29-49(72(108)85-42-59(96)68(104)70(106)61(98)45-94)39-51(57)79(5,6)63(92)26-15-9-7-8-14-25-62-78(3,4)50-38-48(71(107)84-41-58(95)67(103)69(105)60(97)44-93)28-30-56(50)91(62)35-19-11-16-27-64(99)82-33-18-17-23-53-74(110)88-52(24-20-34-83-77(80)81)73(109)86-43-65(100)87-55(40-66(101)102)76(112)90-54(75(111)89-53)37-47-21-12-10-13-22-47/h7-10,12-15,21-22,25-26,28-31,38-39,46,52-55,58-61,67-70,93-98,103-106H,11,16-20,23-24,27,32-37,40-45H2,1-6H3,(H12-,80,81,82,83,84,85,86,87,88,89,90,99,100,101,102,107,108,109,110,111,112)/p+1/t52-,53-,54?,55-,58?,59?,60?,61?,67?,68?,69?,70?/m0/s1. The molecule has 12 atom stereocenters. The van der Waals surface area contributed by atoms with Crippen LogP contribution < -0.4 is 58.9 Å². The molecular formula is C79H114N13O20+. The number of carboxylic acids is 1. The van der Waals surface area contributed by atoms with Crippen molar-refractivity contribution in [3.05, 3.63) is 143 Å². The predicted molar refractivity (Wildman–Crippen MR) is 416 cm³/mol. The van der Waals surface area contributed by atoms with Crippen LogP contribution in [-0.4, -0.2) is 258 Å². The lowest BCUT2D eigenvalue weighted by atomic mass is 9.80. The molecule has 0 saturated carbocycles. The number of guanidine groups is 1. The summed E-state index contributed by atoms with van der Waals surface area (Å²) in [5, 5.41) is 130. The molecule has 0 bridgehead atoms. The first kappa shape index (κ1) is 91.1. The van der Waals surface area contributed by atoms with E-state index < -0.39 is 170 Å². The van der Waals surface area contributed by atoms with Crippen LogP contribution in [0, 0.1) is 5.92 Å². The molecule has 8 amide bonds. The number of nitrogens with one attached hydrogen (secondary N) is 8. The van der Waals surface area contributed by atoms with E-state index in [2.05, 4.69) is 84.7 Å². The van der Waals surface area contributed by atoms with Gasteiger partial charge < -0.3 is 115 Å². The van der Waals surface area contributed by atoms with Gasteiger partial charge in [0.2, 0.25) is 41.1 Å². The number of fused-ring (bicyclic) bond motifs is 2. The number of amides is 8. The van der Waals surface area contributed by atoms with Crippen molar-refractivity contribution in [1.29, 1.82) is 0 Å². The van der Waals surface area contributed by atoms with E-state index >= 15 is 0 Å². The Hall–Kier alpha value is -9.81. The summed E-state index contributed by atoms with van der Waals surface area (Å²) in [6.07, 6.45) is 1.84. The minimum absolute atomic E-state index is 0.00149.